The fourth-order valence-electron chi connectivity index (χ4n) is 1.13. The number of ether oxygens (including phenoxy) is 2. The number of carbonyl (C=O) groups excluding carboxylic acids is 3. The maximum atomic E-state index is 11.4. The highest BCUT2D eigenvalue weighted by Gasteiger charge is 2.15. The standard InChI is InChI=1S/C13H21NO5/c1-5-11(16)18-8-9-19-12(17)7-6-10(15)14-13(2,3)4/h5H,1,6-9H2,2-4H3,(H,14,15). The van der Waals surface area contributed by atoms with E-state index in [2.05, 4.69) is 16.6 Å². The van der Waals surface area contributed by atoms with Gasteiger partial charge in [0.15, 0.2) is 0 Å². The molecule has 0 spiro atoms. The Morgan fingerprint density at radius 3 is 2.21 bits per heavy atom. The first-order valence-electron chi connectivity index (χ1n) is 6.00. The summed E-state index contributed by atoms with van der Waals surface area (Å²) in [6.45, 7) is 8.75. The minimum absolute atomic E-state index is 0.00266. The van der Waals surface area contributed by atoms with Crippen molar-refractivity contribution in [2.45, 2.75) is 39.2 Å². The zero-order valence-corrected chi connectivity index (χ0v) is 11.7. The van der Waals surface area contributed by atoms with E-state index in [-0.39, 0.29) is 37.5 Å². The van der Waals surface area contributed by atoms with Gasteiger partial charge in [0.25, 0.3) is 0 Å². The summed E-state index contributed by atoms with van der Waals surface area (Å²) in [5, 5.41) is 2.74. The molecule has 0 unspecified atom stereocenters. The van der Waals surface area contributed by atoms with E-state index >= 15 is 0 Å². The lowest BCUT2D eigenvalue weighted by molar-refractivity contribution is -0.150. The summed E-state index contributed by atoms with van der Waals surface area (Å²) in [6.07, 6.45) is 1.10. The van der Waals surface area contributed by atoms with Crippen molar-refractivity contribution in [3.05, 3.63) is 12.7 Å². The van der Waals surface area contributed by atoms with E-state index in [0.29, 0.717) is 0 Å². The van der Waals surface area contributed by atoms with Crippen LogP contribution in [0.15, 0.2) is 12.7 Å². The summed E-state index contributed by atoms with van der Waals surface area (Å²) in [7, 11) is 0. The van der Waals surface area contributed by atoms with Gasteiger partial charge in [-0.3, -0.25) is 9.59 Å². The highest BCUT2D eigenvalue weighted by Crippen LogP contribution is 2.01. The monoisotopic (exact) mass is 271 g/mol. The van der Waals surface area contributed by atoms with Crippen molar-refractivity contribution in [3.63, 3.8) is 0 Å². The van der Waals surface area contributed by atoms with Crippen LogP contribution in [0.4, 0.5) is 0 Å². The van der Waals surface area contributed by atoms with Crippen LogP contribution >= 0.6 is 0 Å². The first-order valence-corrected chi connectivity index (χ1v) is 6.00. The summed E-state index contributed by atoms with van der Waals surface area (Å²) in [6, 6.07) is 0. The molecule has 19 heavy (non-hydrogen) atoms. The van der Waals surface area contributed by atoms with Crippen LogP contribution in [0.3, 0.4) is 0 Å². The third kappa shape index (κ3) is 11.0. The second-order valence-corrected chi connectivity index (χ2v) is 4.89. The summed E-state index contributed by atoms with van der Waals surface area (Å²) < 4.78 is 9.41. The van der Waals surface area contributed by atoms with Crippen molar-refractivity contribution in [2.75, 3.05) is 13.2 Å². The third-order valence-electron chi connectivity index (χ3n) is 1.83. The molecule has 0 bridgehead atoms. The van der Waals surface area contributed by atoms with E-state index in [4.69, 9.17) is 4.74 Å². The smallest absolute Gasteiger partial charge is 0.330 e. The van der Waals surface area contributed by atoms with Gasteiger partial charge >= 0.3 is 11.9 Å². The highest BCUT2D eigenvalue weighted by atomic mass is 16.6. The van der Waals surface area contributed by atoms with Crippen LogP contribution in [0.2, 0.25) is 0 Å². The van der Waals surface area contributed by atoms with Crippen LogP contribution in [0.25, 0.3) is 0 Å². The van der Waals surface area contributed by atoms with Gasteiger partial charge in [-0.05, 0) is 20.8 Å². The van der Waals surface area contributed by atoms with Crippen LogP contribution in [0.1, 0.15) is 33.6 Å². The molecule has 0 heterocycles. The number of hydrogen-bond acceptors (Lipinski definition) is 5. The molecule has 6 nitrogen and oxygen atoms in total. The zero-order valence-electron chi connectivity index (χ0n) is 11.7. The van der Waals surface area contributed by atoms with E-state index in [1.54, 1.807) is 0 Å². The number of esters is 2. The van der Waals surface area contributed by atoms with Crippen LogP contribution in [-0.4, -0.2) is 36.6 Å². The molecule has 0 radical (unpaired) electrons. The molecule has 6 heteroatoms. The fraction of sp³-hybridized carbons (Fsp3) is 0.615. The minimum Gasteiger partial charge on any atom is -0.462 e. The number of hydrogen-bond donors (Lipinski definition) is 1. The predicted octanol–water partition coefficient (Wildman–Crippen LogP) is 0.954. The Labute approximate surface area is 113 Å². The average molecular weight is 271 g/mol. The SMILES string of the molecule is C=CC(=O)OCCOC(=O)CCC(=O)NC(C)(C)C. The Balaban J connectivity index is 3.68. The van der Waals surface area contributed by atoms with Gasteiger partial charge in [-0.1, -0.05) is 6.58 Å². The number of rotatable bonds is 7. The molecule has 108 valence electrons. The Morgan fingerprint density at radius 1 is 1.11 bits per heavy atom. The largest absolute Gasteiger partial charge is 0.462 e. The molecular weight excluding hydrogens is 250 g/mol. The van der Waals surface area contributed by atoms with E-state index in [1.165, 1.54) is 0 Å². The third-order valence-corrected chi connectivity index (χ3v) is 1.83. The summed E-state index contributed by atoms with van der Waals surface area (Å²) in [4.78, 5) is 33.4. The van der Waals surface area contributed by atoms with Crippen molar-refractivity contribution in [1.82, 2.24) is 5.32 Å². The molecule has 0 aliphatic rings. The van der Waals surface area contributed by atoms with E-state index in [1.807, 2.05) is 20.8 Å². The number of carbonyl (C=O) groups is 3. The lowest BCUT2D eigenvalue weighted by Crippen LogP contribution is -2.40. The van der Waals surface area contributed by atoms with Crippen molar-refractivity contribution < 1.29 is 23.9 Å². The molecule has 0 aliphatic carbocycles. The Bertz CT molecular complexity index is 343. The molecule has 0 saturated carbocycles. The van der Waals surface area contributed by atoms with Crippen molar-refractivity contribution in [3.8, 4) is 0 Å². The zero-order chi connectivity index (χ0) is 14.9. The second-order valence-electron chi connectivity index (χ2n) is 4.89. The predicted molar refractivity (Wildman–Crippen MR) is 69.2 cm³/mol. The second kappa shape index (κ2) is 8.29. The van der Waals surface area contributed by atoms with Crippen LogP contribution in [0.5, 0.6) is 0 Å². The van der Waals surface area contributed by atoms with Crippen molar-refractivity contribution >= 4 is 17.8 Å². The molecule has 0 rings (SSSR count). The van der Waals surface area contributed by atoms with Crippen LogP contribution in [-0.2, 0) is 23.9 Å². The van der Waals surface area contributed by atoms with E-state index in [9.17, 15) is 14.4 Å². The number of amides is 1. The van der Waals surface area contributed by atoms with Gasteiger partial charge in [0, 0.05) is 18.0 Å². The highest BCUT2D eigenvalue weighted by molar-refractivity contribution is 5.82. The van der Waals surface area contributed by atoms with E-state index in [0.717, 1.165) is 6.08 Å². The Hall–Kier alpha value is -1.85. The quantitative estimate of drug-likeness (QED) is 0.423. The van der Waals surface area contributed by atoms with Gasteiger partial charge in [0.05, 0.1) is 6.42 Å². The van der Waals surface area contributed by atoms with Gasteiger partial charge in [-0.25, -0.2) is 4.79 Å². The molecule has 0 atom stereocenters. The topological polar surface area (TPSA) is 81.7 Å². The molecule has 0 aromatic rings. The molecule has 1 N–H and O–H groups in total. The normalized spacial score (nSPS) is 10.5. The summed E-state index contributed by atoms with van der Waals surface area (Å²) >= 11 is 0. The molecule has 1 amide bonds. The Kier molecular flexibility index (Phi) is 7.48. The molecular formula is C13H21NO5. The molecule has 0 saturated heterocycles. The van der Waals surface area contributed by atoms with Crippen molar-refractivity contribution in [2.24, 2.45) is 0 Å². The van der Waals surface area contributed by atoms with Crippen LogP contribution in [0, 0.1) is 0 Å². The van der Waals surface area contributed by atoms with Gasteiger partial charge < -0.3 is 14.8 Å². The van der Waals surface area contributed by atoms with Gasteiger partial charge in [-0.15, -0.1) is 0 Å². The average Bonchev–Trinajstić information content (AvgIpc) is 2.29. The lowest BCUT2D eigenvalue weighted by Gasteiger charge is -2.20. The fourth-order valence-corrected chi connectivity index (χ4v) is 1.13. The first-order chi connectivity index (χ1) is 8.74. The van der Waals surface area contributed by atoms with Gasteiger partial charge in [0.2, 0.25) is 5.91 Å². The maximum Gasteiger partial charge on any atom is 0.330 e. The van der Waals surface area contributed by atoms with Gasteiger partial charge in [0.1, 0.15) is 13.2 Å². The molecule has 0 fully saturated rings. The molecule has 0 aliphatic heterocycles. The molecule has 0 aromatic carbocycles. The van der Waals surface area contributed by atoms with E-state index < -0.39 is 11.9 Å². The van der Waals surface area contributed by atoms with Crippen molar-refractivity contribution in [1.29, 1.82) is 0 Å². The first kappa shape index (κ1) is 17.2. The maximum absolute atomic E-state index is 11.4. The van der Waals surface area contributed by atoms with Crippen LogP contribution < -0.4 is 5.32 Å². The lowest BCUT2D eigenvalue weighted by atomic mass is 10.1. The Morgan fingerprint density at radius 2 is 1.68 bits per heavy atom. The van der Waals surface area contributed by atoms with Gasteiger partial charge in [-0.2, -0.15) is 0 Å². The molecule has 0 aromatic heterocycles. The number of nitrogens with one attached hydrogen (secondary N) is 1. The summed E-state index contributed by atoms with van der Waals surface area (Å²) in [5.74, 6) is -1.28. The summed E-state index contributed by atoms with van der Waals surface area (Å²) in [5.41, 5.74) is -0.320. The minimum atomic E-state index is -0.569.